The lowest BCUT2D eigenvalue weighted by Crippen LogP contribution is -2.48. The quantitative estimate of drug-likeness (QED) is 0.457. The summed E-state index contributed by atoms with van der Waals surface area (Å²) in [4.78, 5) is 7.91. The maximum Gasteiger partial charge on any atom is 0.264 e. The summed E-state index contributed by atoms with van der Waals surface area (Å²) >= 11 is 5.91. The van der Waals surface area contributed by atoms with Crippen molar-refractivity contribution in [2.45, 2.75) is 12.3 Å². The molecule has 1 aromatic carbocycles. The highest BCUT2D eigenvalue weighted by atomic mass is 35.5. The maximum absolute atomic E-state index is 14.0. The molecule has 1 fully saturated rings. The van der Waals surface area contributed by atoms with Gasteiger partial charge in [-0.05, 0) is 31.2 Å². The van der Waals surface area contributed by atoms with E-state index in [1.54, 1.807) is 24.3 Å². The molecule has 0 spiro atoms. The first-order valence-corrected chi connectivity index (χ1v) is 8.70. The summed E-state index contributed by atoms with van der Waals surface area (Å²) in [6, 6.07) is 6.51. The van der Waals surface area contributed by atoms with E-state index in [9.17, 15) is 8.78 Å². The Bertz CT molecular complexity index is 835. The van der Waals surface area contributed by atoms with Crippen LogP contribution >= 0.6 is 11.6 Å². The van der Waals surface area contributed by atoms with Gasteiger partial charge in [0.25, 0.3) is 5.92 Å². The van der Waals surface area contributed by atoms with Crippen LogP contribution in [0.5, 0.6) is 5.75 Å². The number of alkyl halides is 2. The van der Waals surface area contributed by atoms with E-state index in [0.29, 0.717) is 23.7 Å². The molecule has 5 N–H and O–H groups in total. The van der Waals surface area contributed by atoms with Crippen molar-refractivity contribution in [2.75, 3.05) is 30.7 Å². The standard InChI is InChI=1S/C17H19ClF2N6O/c18-11-2-1-3-12(6-11)27-15(22)13-14(21)25-9-26-16(13)24-7-10-4-5-23-8-17(10,19)20/h1-3,6,9-10,22-23H,4-5,7-8H2,(H3,21,24,25,26). The van der Waals surface area contributed by atoms with Crippen LogP contribution < -0.4 is 21.1 Å². The molecule has 27 heavy (non-hydrogen) atoms. The molecule has 1 unspecified atom stereocenters. The van der Waals surface area contributed by atoms with Crippen molar-refractivity contribution in [1.82, 2.24) is 15.3 Å². The van der Waals surface area contributed by atoms with Gasteiger partial charge in [0.15, 0.2) is 0 Å². The second kappa shape index (κ2) is 8.01. The second-order valence-corrected chi connectivity index (χ2v) is 6.61. The number of hydrogen-bond donors (Lipinski definition) is 4. The van der Waals surface area contributed by atoms with Gasteiger partial charge in [0.2, 0.25) is 5.90 Å². The summed E-state index contributed by atoms with van der Waals surface area (Å²) in [5.41, 5.74) is 5.98. The largest absolute Gasteiger partial charge is 0.439 e. The first kappa shape index (κ1) is 19.2. The third-order valence-electron chi connectivity index (χ3n) is 4.26. The van der Waals surface area contributed by atoms with Crippen molar-refractivity contribution in [1.29, 1.82) is 5.41 Å². The van der Waals surface area contributed by atoms with E-state index in [0.717, 1.165) is 0 Å². The van der Waals surface area contributed by atoms with E-state index in [4.69, 9.17) is 27.5 Å². The molecule has 0 aliphatic carbocycles. The molecule has 1 atom stereocenters. The van der Waals surface area contributed by atoms with Crippen LogP contribution in [-0.2, 0) is 0 Å². The molecule has 2 aromatic rings. The SMILES string of the molecule is N=C(Oc1cccc(Cl)c1)c1c(N)ncnc1NCC1CCNCC1(F)F. The number of piperidine rings is 1. The second-order valence-electron chi connectivity index (χ2n) is 6.18. The van der Waals surface area contributed by atoms with Gasteiger partial charge in [-0.3, -0.25) is 5.41 Å². The number of benzene rings is 1. The highest BCUT2D eigenvalue weighted by Crippen LogP contribution is 2.30. The maximum atomic E-state index is 14.0. The Morgan fingerprint density at radius 1 is 1.44 bits per heavy atom. The molecule has 1 aromatic heterocycles. The van der Waals surface area contributed by atoms with E-state index in [1.807, 2.05) is 0 Å². The van der Waals surface area contributed by atoms with Crippen molar-refractivity contribution < 1.29 is 13.5 Å². The molecule has 3 rings (SSSR count). The molecular formula is C17H19ClF2N6O. The third kappa shape index (κ3) is 4.61. The van der Waals surface area contributed by atoms with E-state index in [-0.39, 0.29) is 36.2 Å². The number of ether oxygens (including phenoxy) is 1. The Kier molecular flexibility index (Phi) is 5.71. The highest BCUT2D eigenvalue weighted by molar-refractivity contribution is 6.30. The average molecular weight is 397 g/mol. The van der Waals surface area contributed by atoms with Gasteiger partial charge in [0, 0.05) is 17.5 Å². The molecular weight excluding hydrogens is 378 g/mol. The van der Waals surface area contributed by atoms with Crippen LogP contribution in [0.25, 0.3) is 0 Å². The minimum atomic E-state index is -2.82. The average Bonchev–Trinajstić information content (AvgIpc) is 2.60. The number of halogens is 3. The van der Waals surface area contributed by atoms with E-state index < -0.39 is 11.8 Å². The molecule has 0 bridgehead atoms. The molecule has 144 valence electrons. The number of rotatable bonds is 5. The van der Waals surface area contributed by atoms with Gasteiger partial charge >= 0.3 is 0 Å². The molecule has 0 radical (unpaired) electrons. The summed E-state index contributed by atoms with van der Waals surface area (Å²) in [6.07, 6.45) is 1.53. The summed E-state index contributed by atoms with van der Waals surface area (Å²) in [5.74, 6) is -3.47. The van der Waals surface area contributed by atoms with Crippen LogP contribution in [0, 0.1) is 11.3 Å². The third-order valence-corrected chi connectivity index (χ3v) is 4.50. The first-order valence-electron chi connectivity index (χ1n) is 8.32. The summed E-state index contributed by atoms with van der Waals surface area (Å²) in [7, 11) is 0. The van der Waals surface area contributed by atoms with Crippen LogP contribution in [-0.4, -0.2) is 41.4 Å². The number of nitrogen functional groups attached to an aromatic ring is 1. The fraction of sp³-hybridized carbons (Fsp3) is 0.353. The van der Waals surface area contributed by atoms with Gasteiger partial charge in [-0.1, -0.05) is 17.7 Å². The predicted octanol–water partition coefficient (Wildman–Crippen LogP) is 2.77. The van der Waals surface area contributed by atoms with Crippen LogP contribution in [0.2, 0.25) is 5.02 Å². The van der Waals surface area contributed by atoms with E-state index in [2.05, 4.69) is 20.6 Å². The highest BCUT2D eigenvalue weighted by Gasteiger charge is 2.41. The van der Waals surface area contributed by atoms with Gasteiger partial charge in [-0.2, -0.15) is 0 Å². The van der Waals surface area contributed by atoms with Crippen LogP contribution in [0.15, 0.2) is 30.6 Å². The van der Waals surface area contributed by atoms with Crippen molar-refractivity contribution in [3.63, 3.8) is 0 Å². The first-order chi connectivity index (χ1) is 12.9. The lowest BCUT2D eigenvalue weighted by molar-refractivity contribution is -0.0678. The van der Waals surface area contributed by atoms with Gasteiger partial charge in [0.05, 0.1) is 6.54 Å². The molecule has 2 heterocycles. The molecule has 1 saturated heterocycles. The van der Waals surface area contributed by atoms with Crippen LogP contribution in [0.1, 0.15) is 12.0 Å². The van der Waals surface area contributed by atoms with Crippen molar-refractivity contribution in [2.24, 2.45) is 5.92 Å². The Morgan fingerprint density at radius 2 is 2.26 bits per heavy atom. The number of nitrogens with one attached hydrogen (secondary N) is 3. The molecule has 7 nitrogen and oxygen atoms in total. The van der Waals surface area contributed by atoms with E-state index in [1.165, 1.54) is 6.33 Å². The lowest BCUT2D eigenvalue weighted by atomic mass is 9.94. The van der Waals surface area contributed by atoms with Gasteiger partial charge in [-0.15, -0.1) is 0 Å². The topological polar surface area (TPSA) is 109 Å². The molecule has 10 heteroatoms. The van der Waals surface area contributed by atoms with Gasteiger partial charge < -0.3 is 21.1 Å². The zero-order valence-electron chi connectivity index (χ0n) is 14.3. The molecule has 1 aliphatic heterocycles. The zero-order valence-corrected chi connectivity index (χ0v) is 15.1. The number of aromatic nitrogens is 2. The fourth-order valence-corrected chi connectivity index (χ4v) is 2.99. The van der Waals surface area contributed by atoms with E-state index >= 15 is 0 Å². The minimum Gasteiger partial charge on any atom is -0.439 e. The van der Waals surface area contributed by atoms with Crippen molar-refractivity contribution in [3.8, 4) is 5.75 Å². The normalized spacial score (nSPS) is 18.7. The Hall–Kier alpha value is -2.52. The number of anilines is 2. The van der Waals surface area contributed by atoms with Gasteiger partial charge in [-0.25, -0.2) is 18.7 Å². The Labute approximate surface area is 159 Å². The number of nitrogens with zero attached hydrogens (tertiary/aromatic N) is 2. The number of nitrogens with two attached hydrogens (primary N) is 1. The minimum absolute atomic E-state index is 0.0107. The predicted molar refractivity (Wildman–Crippen MR) is 99.8 cm³/mol. The smallest absolute Gasteiger partial charge is 0.264 e. The summed E-state index contributed by atoms with van der Waals surface area (Å²) < 4.78 is 33.5. The van der Waals surface area contributed by atoms with Crippen molar-refractivity contribution in [3.05, 3.63) is 41.2 Å². The Balaban J connectivity index is 1.77. The summed E-state index contributed by atoms with van der Waals surface area (Å²) in [6.45, 7) is 0.156. The molecule has 0 saturated carbocycles. The summed E-state index contributed by atoms with van der Waals surface area (Å²) in [5, 5.41) is 14.2. The Morgan fingerprint density at radius 3 is 3.00 bits per heavy atom. The van der Waals surface area contributed by atoms with Crippen LogP contribution in [0.3, 0.4) is 0 Å². The van der Waals surface area contributed by atoms with Crippen LogP contribution in [0.4, 0.5) is 20.4 Å². The zero-order chi connectivity index (χ0) is 19.4. The molecule has 0 amide bonds. The van der Waals surface area contributed by atoms with Crippen molar-refractivity contribution >= 4 is 29.1 Å². The lowest BCUT2D eigenvalue weighted by Gasteiger charge is -2.32. The molecule has 1 aliphatic rings. The fourth-order valence-electron chi connectivity index (χ4n) is 2.81. The van der Waals surface area contributed by atoms with Gasteiger partial charge in [0.1, 0.15) is 29.3 Å². The monoisotopic (exact) mass is 396 g/mol. The number of hydrogen-bond acceptors (Lipinski definition) is 7.